The third kappa shape index (κ3) is 3.03. The number of hydrogen-bond donors (Lipinski definition) is 1. The Morgan fingerprint density at radius 1 is 1.00 bits per heavy atom. The molecule has 1 N–H and O–H groups in total. The standard InChI is InChI=1S/C18H20O3/c1-2-13-3-5-14(6-4-13)9-16(11-19)15-7-8-17-18(10-15)21-12-20-17/h3-8,10,16,19H,2,9,11-12H2,1H3. The average molecular weight is 284 g/mol. The van der Waals surface area contributed by atoms with E-state index in [1.165, 1.54) is 11.1 Å². The van der Waals surface area contributed by atoms with Crippen LogP contribution in [0.3, 0.4) is 0 Å². The Balaban J connectivity index is 1.78. The number of aryl methyl sites for hydroxylation is 1. The van der Waals surface area contributed by atoms with Crippen molar-refractivity contribution in [3.63, 3.8) is 0 Å². The largest absolute Gasteiger partial charge is 0.454 e. The van der Waals surface area contributed by atoms with Crippen LogP contribution in [0.4, 0.5) is 0 Å². The molecule has 0 saturated carbocycles. The van der Waals surface area contributed by atoms with E-state index in [0.29, 0.717) is 0 Å². The van der Waals surface area contributed by atoms with Crippen molar-refractivity contribution in [1.29, 1.82) is 0 Å². The molecule has 110 valence electrons. The van der Waals surface area contributed by atoms with Crippen LogP contribution in [0.2, 0.25) is 0 Å². The van der Waals surface area contributed by atoms with Crippen molar-refractivity contribution in [3.05, 3.63) is 59.2 Å². The third-order valence-corrected chi connectivity index (χ3v) is 4.00. The van der Waals surface area contributed by atoms with Gasteiger partial charge >= 0.3 is 0 Å². The Kier molecular flexibility index (Phi) is 4.11. The van der Waals surface area contributed by atoms with Crippen molar-refractivity contribution in [3.8, 4) is 11.5 Å². The first kappa shape index (κ1) is 14.0. The van der Waals surface area contributed by atoms with Gasteiger partial charge in [-0.15, -0.1) is 0 Å². The van der Waals surface area contributed by atoms with Crippen molar-refractivity contribution in [2.45, 2.75) is 25.7 Å². The molecular formula is C18H20O3. The second-order valence-corrected chi connectivity index (χ2v) is 5.37. The molecule has 0 aliphatic carbocycles. The summed E-state index contributed by atoms with van der Waals surface area (Å²) >= 11 is 0. The zero-order valence-electron chi connectivity index (χ0n) is 12.2. The molecule has 1 heterocycles. The lowest BCUT2D eigenvalue weighted by Crippen LogP contribution is -2.08. The van der Waals surface area contributed by atoms with E-state index < -0.39 is 0 Å². The summed E-state index contributed by atoms with van der Waals surface area (Å²) in [5, 5.41) is 9.72. The molecule has 0 spiro atoms. The molecule has 1 aliphatic heterocycles. The lowest BCUT2D eigenvalue weighted by atomic mass is 9.92. The van der Waals surface area contributed by atoms with E-state index in [9.17, 15) is 5.11 Å². The van der Waals surface area contributed by atoms with Gasteiger partial charge in [-0.3, -0.25) is 0 Å². The van der Waals surface area contributed by atoms with Crippen LogP contribution in [-0.2, 0) is 12.8 Å². The third-order valence-electron chi connectivity index (χ3n) is 4.00. The first-order chi connectivity index (χ1) is 10.3. The smallest absolute Gasteiger partial charge is 0.231 e. The van der Waals surface area contributed by atoms with E-state index >= 15 is 0 Å². The van der Waals surface area contributed by atoms with Crippen LogP contribution in [0.1, 0.15) is 29.5 Å². The maximum absolute atomic E-state index is 9.72. The van der Waals surface area contributed by atoms with Crippen LogP contribution in [0.25, 0.3) is 0 Å². The SMILES string of the molecule is CCc1ccc(CC(CO)c2ccc3c(c2)OCO3)cc1. The molecule has 0 aromatic heterocycles. The molecule has 0 radical (unpaired) electrons. The number of benzene rings is 2. The molecule has 1 unspecified atom stereocenters. The van der Waals surface area contributed by atoms with Crippen LogP contribution in [0, 0.1) is 0 Å². The number of rotatable bonds is 5. The van der Waals surface area contributed by atoms with Crippen molar-refractivity contribution in [1.82, 2.24) is 0 Å². The molecule has 21 heavy (non-hydrogen) atoms. The van der Waals surface area contributed by atoms with Gasteiger partial charge < -0.3 is 14.6 Å². The summed E-state index contributed by atoms with van der Waals surface area (Å²) in [5.74, 6) is 1.63. The Labute approximate surface area is 125 Å². The predicted molar refractivity (Wildman–Crippen MR) is 81.9 cm³/mol. The fourth-order valence-electron chi connectivity index (χ4n) is 2.65. The van der Waals surface area contributed by atoms with Crippen LogP contribution in [-0.4, -0.2) is 18.5 Å². The summed E-state index contributed by atoms with van der Waals surface area (Å²) in [6, 6.07) is 14.5. The molecule has 0 bridgehead atoms. The van der Waals surface area contributed by atoms with Crippen LogP contribution in [0.15, 0.2) is 42.5 Å². The van der Waals surface area contributed by atoms with Crippen LogP contribution >= 0.6 is 0 Å². The number of aliphatic hydroxyl groups excluding tert-OH is 1. The van der Waals surface area contributed by atoms with Crippen molar-refractivity contribution >= 4 is 0 Å². The lowest BCUT2D eigenvalue weighted by molar-refractivity contribution is 0.174. The summed E-state index contributed by atoms with van der Waals surface area (Å²) < 4.78 is 10.7. The highest BCUT2D eigenvalue weighted by molar-refractivity contribution is 5.45. The summed E-state index contributed by atoms with van der Waals surface area (Å²) in [7, 11) is 0. The zero-order valence-corrected chi connectivity index (χ0v) is 12.2. The summed E-state index contributed by atoms with van der Waals surface area (Å²) in [6.45, 7) is 2.55. The van der Waals surface area contributed by atoms with Gasteiger partial charge in [-0.25, -0.2) is 0 Å². The van der Waals surface area contributed by atoms with Gasteiger partial charge in [-0.1, -0.05) is 37.3 Å². The molecule has 1 aliphatic rings. The van der Waals surface area contributed by atoms with Crippen molar-refractivity contribution < 1.29 is 14.6 Å². The first-order valence-electron chi connectivity index (χ1n) is 7.38. The quantitative estimate of drug-likeness (QED) is 0.915. The predicted octanol–water partition coefficient (Wildman–Crippen LogP) is 3.30. The van der Waals surface area contributed by atoms with E-state index in [4.69, 9.17) is 9.47 Å². The maximum Gasteiger partial charge on any atom is 0.231 e. The van der Waals surface area contributed by atoms with E-state index in [0.717, 1.165) is 29.9 Å². The first-order valence-corrected chi connectivity index (χ1v) is 7.38. The fraction of sp³-hybridized carbons (Fsp3) is 0.333. The molecular weight excluding hydrogens is 264 g/mol. The Morgan fingerprint density at radius 2 is 1.71 bits per heavy atom. The molecule has 1 atom stereocenters. The molecule has 0 saturated heterocycles. The van der Waals surface area contributed by atoms with Gasteiger partial charge in [0, 0.05) is 5.92 Å². The fourth-order valence-corrected chi connectivity index (χ4v) is 2.65. The topological polar surface area (TPSA) is 38.7 Å². The van der Waals surface area contributed by atoms with Gasteiger partial charge in [-0.2, -0.15) is 0 Å². The monoisotopic (exact) mass is 284 g/mol. The highest BCUT2D eigenvalue weighted by Gasteiger charge is 2.18. The van der Waals surface area contributed by atoms with E-state index in [-0.39, 0.29) is 19.3 Å². The zero-order chi connectivity index (χ0) is 14.7. The van der Waals surface area contributed by atoms with Gasteiger partial charge in [0.25, 0.3) is 0 Å². The molecule has 3 nitrogen and oxygen atoms in total. The molecule has 2 aromatic rings. The number of ether oxygens (including phenoxy) is 2. The Morgan fingerprint density at radius 3 is 2.43 bits per heavy atom. The normalized spacial score (nSPS) is 14.2. The van der Waals surface area contributed by atoms with Crippen molar-refractivity contribution in [2.75, 3.05) is 13.4 Å². The maximum atomic E-state index is 9.72. The number of fused-ring (bicyclic) bond motifs is 1. The molecule has 0 fully saturated rings. The number of hydrogen-bond acceptors (Lipinski definition) is 3. The van der Waals surface area contributed by atoms with E-state index in [1.807, 2.05) is 18.2 Å². The molecule has 3 heteroatoms. The molecule has 3 rings (SSSR count). The molecule has 0 amide bonds. The minimum absolute atomic E-state index is 0.0759. The second-order valence-electron chi connectivity index (χ2n) is 5.37. The minimum Gasteiger partial charge on any atom is -0.454 e. The van der Waals surface area contributed by atoms with Crippen molar-refractivity contribution in [2.24, 2.45) is 0 Å². The summed E-state index contributed by atoms with van der Waals surface area (Å²) in [4.78, 5) is 0. The Hall–Kier alpha value is -2.00. The summed E-state index contributed by atoms with van der Waals surface area (Å²) in [6.07, 6.45) is 1.87. The van der Waals surface area contributed by atoms with Gasteiger partial charge in [0.1, 0.15) is 0 Å². The minimum atomic E-state index is 0.0759. The summed E-state index contributed by atoms with van der Waals surface area (Å²) in [5.41, 5.74) is 3.66. The second kappa shape index (κ2) is 6.19. The van der Waals surface area contributed by atoms with E-state index in [2.05, 4.69) is 31.2 Å². The van der Waals surface area contributed by atoms with Gasteiger partial charge in [0.2, 0.25) is 6.79 Å². The lowest BCUT2D eigenvalue weighted by Gasteiger charge is -2.15. The van der Waals surface area contributed by atoms with Gasteiger partial charge in [0.05, 0.1) is 6.61 Å². The van der Waals surface area contributed by atoms with E-state index in [1.54, 1.807) is 0 Å². The highest BCUT2D eigenvalue weighted by Crippen LogP contribution is 2.35. The van der Waals surface area contributed by atoms with Gasteiger partial charge in [-0.05, 0) is 41.7 Å². The van der Waals surface area contributed by atoms with Crippen LogP contribution in [0.5, 0.6) is 11.5 Å². The van der Waals surface area contributed by atoms with Crippen LogP contribution < -0.4 is 9.47 Å². The average Bonchev–Trinajstić information content (AvgIpc) is 3.00. The number of aliphatic hydroxyl groups is 1. The highest BCUT2D eigenvalue weighted by atomic mass is 16.7. The van der Waals surface area contributed by atoms with Gasteiger partial charge in [0.15, 0.2) is 11.5 Å². The Bertz CT molecular complexity index is 604. The molecule has 2 aromatic carbocycles.